The molecule has 0 radical (unpaired) electrons. The highest BCUT2D eigenvalue weighted by Crippen LogP contribution is 2.44. The van der Waals surface area contributed by atoms with Gasteiger partial charge in [-0.25, -0.2) is 13.4 Å². The number of nitrogens with zero attached hydrogens (tertiary/aromatic N) is 2. The molecule has 1 aliphatic rings. The summed E-state index contributed by atoms with van der Waals surface area (Å²) in [6, 6.07) is 8.82. The molecule has 1 amide bonds. The van der Waals surface area contributed by atoms with Gasteiger partial charge in [-0.1, -0.05) is 12.1 Å². The number of nitrogens with one attached hydrogen (secondary N) is 1. The van der Waals surface area contributed by atoms with Gasteiger partial charge in [0.25, 0.3) is 15.9 Å². The molecule has 0 atom stereocenters. The molecule has 7 nitrogen and oxygen atoms in total. The number of aliphatic hydroxyl groups is 1. The van der Waals surface area contributed by atoms with Crippen LogP contribution in [-0.4, -0.2) is 35.8 Å². The van der Waals surface area contributed by atoms with E-state index < -0.39 is 15.9 Å². The number of amides is 1. The first kappa shape index (κ1) is 18.5. The summed E-state index contributed by atoms with van der Waals surface area (Å²) in [5.41, 5.74) is 1.53. The number of aromatic nitrogens is 1. The summed E-state index contributed by atoms with van der Waals surface area (Å²) in [4.78, 5) is 17.0. The fourth-order valence-electron chi connectivity index (χ4n) is 3.14. The number of thiophene rings is 1. The summed E-state index contributed by atoms with van der Waals surface area (Å²) in [5.74, 6) is -0.842. The Labute approximate surface area is 166 Å². The molecule has 144 valence electrons. The van der Waals surface area contributed by atoms with E-state index in [-0.39, 0.29) is 27.0 Å². The number of hydrogen-bond acceptors (Lipinski definition) is 6. The van der Waals surface area contributed by atoms with Crippen molar-refractivity contribution in [3.63, 3.8) is 0 Å². The van der Waals surface area contributed by atoms with E-state index in [0.29, 0.717) is 5.39 Å². The van der Waals surface area contributed by atoms with Crippen molar-refractivity contribution in [3.8, 4) is 0 Å². The van der Waals surface area contributed by atoms with Crippen LogP contribution in [0.5, 0.6) is 0 Å². The molecule has 4 rings (SSSR count). The molecule has 1 aromatic carbocycles. The molecular weight excluding hydrogens is 398 g/mol. The molecule has 0 unspecified atom stereocenters. The third-order valence-electron chi connectivity index (χ3n) is 4.54. The van der Waals surface area contributed by atoms with Gasteiger partial charge in [0.1, 0.15) is 10.7 Å². The minimum atomic E-state index is -4.00. The van der Waals surface area contributed by atoms with Gasteiger partial charge in [0.05, 0.1) is 4.88 Å². The second-order valence-electron chi connectivity index (χ2n) is 6.60. The van der Waals surface area contributed by atoms with Crippen molar-refractivity contribution in [2.45, 2.75) is 18.7 Å². The van der Waals surface area contributed by atoms with E-state index >= 15 is 0 Å². The van der Waals surface area contributed by atoms with Crippen molar-refractivity contribution >= 4 is 48.9 Å². The van der Waals surface area contributed by atoms with Gasteiger partial charge < -0.3 is 10.4 Å². The van der Waals surface area contributed by atoms with E-state index in [1.165, 1.54) is 13.2 Å². The molecule has 0 fully saturated rings. The molecule has 3 aromatic rings. The van der Waals surface area contributed by atoms with Crippen molar-refractivity contribution in [2.24, 2.45) is 0 Å². The highest BCUT2D eigenvalue weighted by Gasteiger charge is 2.40. The lowest BCUT2D eigenvalue weighted by Gasteiger charge is -2.26. The number of hydrogen-bond donors (Lipinski definition) is 2. The number of benzene rings is 1. The standard InChI is InChI=1S/C19H17N3O4S2/c1-10-4-5-12-13(8-10)27-17-16(23)15(22(3)28(25,26)18(12)17)19(24)21-14-9-11(2)6-7-20-14/h4-9,23H,1-3H3,(H,20,21,24). The summed E-state index contributed by atoms with van der Waals surface area (Å²) in [6.07, 6.45) is 1.53. The number of anilines is 1. The lowest BCUT2D eigenvalue weighted by molar-refractivity contribution is -0.113. The third-order valence-corrected chi connectivity index (χ3v) is 7.68. The summed E-state index contributed by atoms with van der Waals surface area (Å²) >= 11 is 1.15. The topological polar surface area (TPSA) is 99.6 Å². The second kappa shape index (κ2) is 6.32. The Morgan fingerprint density at radius 1 is 1.18 bits per heavy atom. The zero-order valence-electron chi connectivity index (χ0n) is 15.3. The Balaban J connectivity index is 1.88. The molecule has 1 aliphatic heterocycles. The third kappa shape index (κ3) is 2.74. The maximum atomic E-state index is 13.1. The minimum Gasteiger partial charge on any atom is -0.504 e. The van der Waals surface area contributed by atoms with Crippen LogP contribution in [0, 0.1) is 13.8 Å². The molecule has 0 bridgehead atoms. The Bertz CT molecular complexity index is 1280. The van der Waals surface area contributed by atoms with Crippen molar-refractivity contribution in [1.29, 1.82) is 0 Å². The molecule has 0 aliphatic carbocycles. The van der Waals surface area contributed by atoms with E-state index in [1.54, 1.807) is 18.2 Å². The van der Waals surface area contributed by atoms with Crippen molar-refractivity contribution in [3.05, 3.63) is 58.2 Å². The van der Waals surface area contributed by atoms with Crippen LogP contribution >= 0.6 is 11.3 Å². The fraction of sp³-hybridized carbons (Fsp3) is 0.158. The van der Waals surface area contributed by atoms with Gasteiger partial charge in [-0.2, -0.15) is 0 Å². The SMILES string of the molecule is Cc1ccnc(NC(=O)C2=C(O)c3sc4cc(C)ccc4c3S(=O)(=O)N2C)c1. The van der Waals surface area contributed by atoms with Crippen molar-refractivity contribution in [2.75, 3.05) is 12.4 Å². The Hall–Kier alpha value is -2.91. The number of sulfonamides is 1. The van der Waals surface area contributed by atoms with Crippen molar-refractivity contribution < 1.29 is 18.3 Å². The molecule has 0 saturated heterocycles. The van der Waals surface area contributed by atoms with Crippen LogP contribution in [0.1, 0.15) is 16.0 Å². The Morgan fingerprint density at radius 3 is 2.61 bits per heavy atom. The average Bonchev–Trinajstić information content (AvgIpc) is 3.00. The lowest BCUT2D eigenvalue weighted by Crippen LogP contribution is -2.36. The van der Waals surface area contributed by atoms with Crippen LogP contribution in [0.4, 0.5) is 5.82 Å². The summed E-state index contributed by atoms with van der Waals surface area (Å²) in [5, 5.41) is 13.9. The molecule has 0 spiro atoms. The zero-order chi connectivity index (χ0) is 20.2. The predicted octanol–water partition coefficient (Wildman–Crippen LogP) is 3.41. The molecule has 28 heavy (non-hydrogen) atoms. The van der Waals surface area contributed by atoms with Gasteiger partial charge in [-0.15, -0.1) is 11.3 Å². The predicted molar refractivity (Wildman–Crippen MR) is 109 cm³/mol. The van der Waals surface area contributed by atoms with Crippen molar-refractivity contribution in [1.82, 2.24) is 9.29 Å². The van der Waals surface area contributed by atoms with E-state index in [4.69, 9.17) is 0 Å². The number of rotatable bonds is 2. The quantitative estimate of drug-likeness (QED) is 0.668. The van der Waals surface area contributed by atoms with Crippen LogP contribution in [0.15, 0.2) is 47.1 Å². The highest BCUT2D eigenvalue weighted by molar-refractivity contribution is 7.89. The van der Waals surface area contributed by atoms with Gasteiger partial charge in [-0.3, -0.25) is 9.10 Å². The van der Waals surface area contributed by atoms with E-state index in [2.05, 4.69) is 10.3 Å². The van der Waals surface area contributed by atoms with Crippen LogP contribution in [0.3, 0.4) is 0 Å². The summed E-state index contributed by atoms with van der Waals surface area (Å²) in [7, 11) is -2.75. The monoisotopic (exact) mass is 415 g/mol. The molecule has 2 N–H and O–H groups in total. The highest BCUT2D eigenvalue weighted by atomic mass is 32.2. The smallest absolute Gasteiger partial charge is 0.278 e. The first-order chi connectivity index (χ1) is 13.2. The molecule has 3 heterocycles. The number of aryl methyl sites for hydroxylation is 2. The number of pyridine rings is 1. The molecule has 0 saturated carbocycles. The first-order valence-corrected chi connectivity index (χ1v) is 10.7. The minimum absolute atomic E-state index is 0.0257. The van der Waals surface area contributed by atoms with E-state index in [9.17, 15) is 18.3 Å². The number of aliphatic hydroxyl groups excluding tert-OH is 1. The first-order valence-electron chi connectivity index (χ1n) is 8.40. The fourth-order valence-corrected chi connectivity index (χ4v) is 6.25. The number of carbonyl (C=O) groups excluding carboxylic acids is 1. The number of fused-ring (bicyclic) bond motifs is 3. The normalized spacial score (nSPS) is 15.6. The summed E-state index contributed by atoms with van der Waals surface area (Å²) in [6.45, 7) is 3.75. The molecule has 2 aromatic heterocycles. The van der Waals surface area contributed by atoms with E-state index in [0.717, 1.165) is 31.5 Å². The zero-order valence-corrected chi connectivity index (χ0v) is 17.0. The van der Waals surface area contributed by atoms with Gasteiger partial charge in [-0.05, 0) is 43.2 Å². The second-order valence-corrected chi connectivity index (χ2v) is 9.56. The van der Waals surface area contributed by atoms with Crippen LogP contribution in [0.2, 0.25) is 0 Å². The maximum absolute atomic E-state index is 13.1. The average molecular weight is 415 g/mol. The van der Waals surface area contributed by atoms with Crippen LogP contribution < -0.4 is 5.32 Å². The van der Waals surface area contributed by atoms with Gasteiger partial charge >= 0.3 is 0 Å². The number of likely N-dealkylation sites (N-methyl/N-ethyl adjacent to an activating group) is 1. The largest absolute Gasteiger partial charge is 0.504 e. The van der Waals surface area contributed by atoms with E-state index in [1.807, 2.05) is 26.0 Å². The van der Waals surface area contributed by atoms with Crippen LogP contribution in [-0.2, 0) is 14.8 Å². The Kier molecular flexibility index (Phi) is 4.16. The maximum Gasteiger partial charge on any atom is 0.278 e. The molecular formula is C19H17N3O4S2. The Morgan fingerprint density at radius 2 is 1.89 bits per heavy atom. The number of carbonyl (C=O) groups is 1. The molecule has 9 heteroatoms. The van der Waals surface area contributed by atoms with Gasteiger partial charge in [0.2, 0.25) is 0 Å². The summed E-state index contributed by atoms with van der Waals surface area (Å²) < 4.78 is 27.8. The van der Waals surface area contributed by atoms with Crippen LogP contribution in [0.25, 0.3) is 15.8 Å². The van der Waals surface area contributed by atoms with Gasteiger partial charge in [0.15, 0.2) is 11.5 Å². The lowest BCUT2D eigenvalue weighted by atomic mass is 10.2. The van der Waals surface area contributed by atoms with Gasteiger partial charge in [0, 0.05) is 23.3 Å².